The predicted octanol–water partition coefficient (Wildman–Crippen LogP) is 2.40. The molecule has 0 aliphatic heterocycles. The second-order valence-corrected chi connectivity index (χ2v) is 4.63. The molecule has 0 fully saturated rings. The number of pyridine rings is 1. The highest BCUT2D eigenvalue weighted by molar-refractivity contribution is 5.99. The van der Waals surface area contributed by atoms with Crippen LogP contribution in [-0.2, 0) is 6.42 Å². The van der Waals surface area contributed by atoms with Gasteiger partial charge in [0.1, 0.15) is 0 Å². The van der Waals surface area contributed by atoms with Crippen LogP contribution in [0.1, 0.15) is 21.6 Å². The Bertz CT molecular complexity index is 582. The molecule has 0 bridgehead atoms. The molecule has 104 valence electrons. The van der Waals surface area contributed by atoms with Crippen LogP contribution in [0.5, 0.6) is 0 Å². The Balaban J connectivity index is 1.95. The van der Waals surface area contributed by atoms with Gasteiger partial charge in [-0.25, -0.2) is 0 Å². The third-order valence-corrected chi connectivity index (χ3v) is 3.08. The van der Waals surface area contributed by atoms with Gasteiger partial charge in [0.05, 0.1) is 5.56 Å². The smallest absolute Gasteiger partial charge is 0.253 e. The number of anilines is 1. The van der Waals surface area contributed by atoms with Crippen LogP contribution in [0, 0.1) is 6.92 Å². The summed E-state index contributed by atoms with van der Waals surface area (Å²) in [5.74, 6) is -0.0646. The van der Waals surface area contributed by atoms with Crippen molar-refractivity contribution in [1.82, 2.24) is 10.3 Å². The van der Waals surface area contributed by atoms with Crippen LogP contribution >= 0.6 is 0 Å². The van der Waals surface area contributed by atoms with Crippen molar-refractivity contribution in [3.63, 3.8) is 0 Å². The fourth-order valence-corrected chi connectivity index (χ4v) is 2.01. The quantitative estimate of drug-likeness (QED) is 0.876. The van der Waals surface area contributed by atoms with Crippen LogP contribution in [0.15, 0.2) is 42.6 Å². The summed E-state index contributed by atoms with van der Waals surface area (Å²) in [4.78, 5) is 16.4. The number of nitrogens with zero attached hydrogens (tertiary/aromatic N) is 1. The Morgan fingerprint density at radius 3 is 2.80 bits per heavy atom. The molecule has 0 atom stereocenters. The molecule has 2 N–H and O–H groups in total. The molecule has 0 unspecified atom stereocenters. The Morgan fingerprint density at radius 2 is 2.10 bits per heavy atom. The standard InChI is InChI=1S/C16H19N3O/c1-12-6-7-14(15(11-12)17-2)16(20)19-10-8-13-5-3-4-9-18-13/h3-7,9,11,17H,8,10H2,1-2H3,(H,19,20). The molecule has 20 heavy (non-hydrogen) atoms. The lowest BCUT2D eigenvalue weighted by Gasteiger charge is -2.10. The molecular formula is C16H19N3O. The minimum atomic E-state index is -0.0646. The zero-order valence-corrected chi connectivity index (χ0v) is 11.8. The van der Waals surface area contributed by atoms with Gasteiger partial charge in [0.2, 0.25) is 0 Å². The van der Waals surface area contributed by atoms with Crippen molar-refractivity contribution >= 4 is 11.6 Å². The van der Waals surface area contributed by atoms with Crippen molar-refractivity contribution in [2.24, 2.45) is 0 Å². The van der Waals surface area contributed by atoms with Crippen molar-refractivity contribution in [2.75, 3.05) is 18.9 Å². The SMILES string of the molecule is CNc1cc(C)ccc1C(=O)NCCc1ccccn1. The second kappa shape index (κ2) is 6.70. The molecule has 0 aliphatic rings. The van der Waals surface area contributed by atoms with E-state index in [-0.39, 0.29) is 5.91 Å². The molecular weight excluding hydrogens is 250 g/mol. The monoisotopic (exact) mass is 269 g/mol. The molecule has 0 saturated carbocycles. The minimum Gasteiger partial charge on any atom is -0.387 e. The molecule has 0 saturated heterocycles. The first-order valence-corrected chi connectivity index (χ1v) is 6.67. The second-order valence-electron chi connectivity index (χ2n) is 4.63. The maximum Gasteiger partial charge on any atom is 0.253 e. The number of amides is 1. The van der Waals surface area contributed by atoms with E-state index in [1.807, 2.05) is 50.4 Å². The minimum absolute atomic E-state index is 0.0646. The van der Waals surface area contributed by atoms with Crippen molar-refractivity contribution < 1.29 is 4.79 Å². The number of benzene rings is 1. The van der Waals surface area contributed by atoms with Gasteiger partial charge in [-0.1, -0.05) is 12.1 Å². The van der Waals surface area contributed by atoms with Crippen molar-refractivity contribution in [2.45, 2.75) is 13.3 Å². The molecule has 1 amide bonds. The van der Waals surface area contributed by atoms with Crippen LogP contribution in [0.2, 0.25) is 0 Å². The average molecular weight is 269 g/mol. The van der Waals surface area contributed by atoms with E-state index in [0.717, 1.165) is 23.4 Å². The fourth-order valence-electron chi connectivity index (χ4n) is 2.01. The fraction of sp³-hybridized carbons (Fsp3) is 0.250. The Morgan fingerprint density at radius 1 is 1.25 bits per heavy atom. The number of aromatic nitrogens is 1. The third-order valence-electron chi connectivity index (χ3n) is 3.08. The molecule has 1 aromatic carbocycles. The number of rotatable bonds is 5. The van der Waals surface area contributed by atoms with E-state index in [4.69, 9.17) is 0 Å². The molecule has 1 heterocycles. The van der Waals surface area contributed by atoms with Crippen LogP contribution in [0.3, 0.4) is 0 Å². The summed E-state index contributed by atoms with van der Waals surface area (Å²) in [6.07, 6.45) is 2.49. The molecule has 4 heteroatoms. The summed E-state index contributed by atoms with van der Waals surface area (Å²) in [6.45, 7) is 2.58. The molecule has 4 nitrogen and oxygen atoms in total. The summed E-state index contributed by atoms with van der Waals surface area (Å²) in [5, 5.41) is 5.97. The van der Waals surface area contributed by atoms with E-state index < -0.39 is 0 Å². The Kier molecular flexibility index (Phi) is 4.71. The van der Waals surface area contributed by atoms with E-state index in [0.29, 0.717) is 12.1 Å². The Labute approximate surface area is 119 Å². The van der Waals surface area contributed by atoms with Gasteiger partial charge in [-0.15, -0.1) is 0 Å². The summed E-state index contributed by atoms with van der Waals surface area (Å²) < 4.78 is 0. The van der Waals surface area contributed by atoms with Crippen LogP contribution in [-0.4, -0.2) is 24.5 Å². The normalized spacial score (nSPS) is 10.1. The Hall–Kier alpha value is -2.36. The lowest BCUT2D eigenvalue weighted by Crippen LogP contribution is -2.26. The molecule has 0 radical (unpaired) electrons. The molecule has 2 aromatic rings. The summed E-state index contributed by atoms with van der Waals surface area (Å²) in [6, 6.07) is 11.5. The lowest BCUT2D eigenvalue weighted by molar-refractivity contribution is 0.0955. The van der Waals surface area contributed by atoms with E-state index in [9.17, 15) is 4.79 Å². The van der Waals surface area contributed by atoms with Gasteiger partial charge in [-0.3, -0.25) is 9.78 Å². The first kappa shape index (κ1) is 14.1. The van der Waals surface area contributed by atoms with Crippen molar-refractivity contribution in [1.29, 1.82) is 0 Å². The summed E-state index contributed by atoms with van der Waals surface area (Å²) >= 11 is 0. The highest BCUT2D eigenvalue weighted by Gasteiger charge is 2.10. The number of aryl methyl sites for hydroxylation is 1. The van der Waals surface area contributed by atoms with Gasteiger partial charge in [0, 0.05) is 37.6 Å². The topological polar surface area (TPSA) is 54.0 Å². The first-order chi connectivity index (χ1) is 9.70. The predicted molar refractivity (Wildman–Crippen MR) is 81.0 cm³/mol. The molecule has 1 aromatic heterocycles. The van der Waals surface area contributed by atoms with Crippen molar-refractivity contribution in [3.8, 4) is 0 Å². The highest BCUT2D eigenvalue weighted by atomic mass is 16.1. The summed E-state index contributed by atoms with van der Waals surface area (Å²) in [5.41, 5.74) is 3.62. The van der Waals surface area contributed by atoms with Gasteiger partial charge in [0.25, 0.3) is 5.91 Å². The molecule has 0 aliphatic carbocycles. The maximum atomic E-state index is 12.2. The van der Waals surface area contributed by atoms with Gasteiger partial charge in [-0.05, 0) is 36.8 Å². The lowest BCUT2D eigenvalue weighted by atomic mass is 10.1. The number of nitrogens with one attached hydrogen (secondary N) is 2. The van der Waals surface area contributed by atoms with Crippen LogP contribution in [0.25, 0.3) is 0 Å². The van der Waals surface area contributed by atoms with Gasteiger partial charge >= 0.3 is 0 Å². The number of hydrogen-bond acceptors (Lipinski definition) is 3. The van der Waals surface area contributed by atoms with Gasteiger partial charge in [0.15, 0.2) is 0 Å². The average Bonchev–Trinajstić information content (AvgIpc) is 2.48. The number of carbonyl (C=O) groups is 1. The van der Waals surface area contributed by atoms with E-state index in [2.05, 4.69) is 15.6 Å². The van der Waals surface area contributed by atoms with E-state index in [1.54, 1.807) is 6.20 Å². The highest BCUT2D eigenvalue weighted by Crippen LogP contribution is 2.16. The number of carbonyl (C=O) groups excluding carboxylic acids is 1. The molecule has 0 spiro atoms. The third kappa shape index (κ3) is 3.57. The van der Waals surface area contributed by atoms with Crippen LogP contribution < -0.4 is 10.6 Å². The zero-order chi connectivity index (χ0) is 14.4. The van der Waals surface area contributed by atoms with E-state index in [1.165, 1.54) is 0 Å². The van der Waals surface area contributed by atoms with Crippen molar-refractivity contribution in [3.05, 3.63) is 59.4 Å². The zero-order valence-electron chi connectivity index (χ0n) is 11.8. The van der Waals surface area contributed by atoms with Gasteiger partial charge in [-0.2, -0.15) is 0 Å². The largest absolute Gasteiger partial charge is 0.387 e. The van der Waals surface area contributed by atoms with Gasteiger partial charge < -0.3 is 10.6 Å². The number of hydrogen-bond donors (Lipinski definition) is 2. The van der Waals surface area contributed by atoms with Crippen LogP contribution in [0.4, 0.5) is 5.69 Å². The van der Waals surface area contributed by atoms with E-state index >= 15 is 0 Å². The maximum absolute atomic E-state index is 12.2. The molecule has 2 rings (SSSR count). The summed E-state index contributed by atoms with van der Waals surface area (Å²) in [7, 11) is 1.82. The first-order valence-electron chi connectivity index (χ1n) is 6.67.